The molecule has 1 unspecified atom stereocenters. The van der Waals surface area contributed by atoms with Crippen LogP contribution in [0.4, 0.5) is 0 Å². The van der Waals surface area contributed by atoms with Crippen LogP contribution in [0.3, 0.4) is 0 Å². The number of carbonyl (C=O) groups excluding carboxylic acids is 2. The summed E-state index contributed by atoms with van der Waals surface area (Å²) in [4.78, 5) is 24.9. The molecule has 2 rings (SSSR count). The molecule has 5 nitrogen and oxygen atoms in total. The Kier molecular flexibility index (Phi) is 4.89. The minimum Gasteiger partial charge on any atom is -0.496 e. The predicted molar refractivity (Wildman–Crippen MR) is 76.5 cm³/mol. The Bertz CT molecular complexity index is 506. The fourth-order valence-electron chi connectivity index (χ4n) is 2.14. The van der Waals surface area contributed by atoms with Gasteiger partial charge in [-0.15, -0.1) is 11.8 Å². The number of rotatable bonds is 5. The maximum atomic E-state index is 12.0. The molecule has 20 heavy (non-hydrogen) atoms. The van der Waals surface area contributed by atoms with Crippen molar-refractivity contribution in [1.82, 2.24) is 4.90 Å². The number of methoxy groups -OCH3 is 2. The highest BCUT2D eigenvalue weighted by molar-refractivity contribution is 8.00. The molecule has 1 atom stereocenters. The summed E-state index contributed by atoms with van der Waals surface area (Å²) in [5, 5.41) is -0.108. The van der Waals surface area contributed by atoms with Crippen LogP contribution < -0.4 is 4.74 Å². The van der Waals surface area contributed by atoms with Crippen LogP contribution in [0, 0.1) is 0 Å². The lowest BCUT2D eigenvalue weighted by atomic mass is 10.1. The summed E-state index contributed by atoms with van der Waals surface area (Å²) in [6, 6.07) is 7.62. The molecule has 1 heterocycles. The zero-order valence-electron chi connectivity index (χ0n) is 11.5. The molecule has 1 amide bonds. The highest BCUT2D eigenvalue weighted by Gasteiger charge is 2.34. The number of nitrogens with zero attached hydrogens (tertiary/aromatic N) is 1. The largest absolute Gasteiger partial charge is 0.496 e. The van der Waals surface area contributed by atoms with Crippen molar-refractivity contribution in [3.63, 3.8) is 0 Å². The second-order valence-corrected chi connectivity index (χ2v) is 5.39. The van der Waals surface area contributed by atoms with Crippen LogP contribution >= 0.6 is 11.8 Å². The maximum absolute atomic E-state index is 12.0. The molecule has 1 saturated heterocycles. The summed E-state index contributed by atoms with van der Waals surface area (Å²) in [6.45, 7) is 0.362. The van der Waals surface area contributed by atoms with Gasteiger partial charge in [0, 0.05) is 12.1 Å². The molecular weight excluding hydrogens is 278 g/mol. The predicted octanol–water partition coefficient (Wildman–Crippen LogP) is 1.83. The second kappa shape index (κ2) is 6.65. The Labute approximate surface area is 122 Å². The van der Waals surface area contributed by atoms with Crippen molar-refractivity contribution in [3.05, 3.63) is 29.8 Å². The summed E-state index contributed by atoms with van der Waals surface area (Å²) >= 11 is 1.54. The molecule has 0 aromatic heterocycles. The van der Waals surface area contributed by atoms with E-state index in [4.69, 9.17) is 4.74 Å². The van der Waals surface area contributed by atoms with Gasteiger partial charge in [0.05, 0.1) is 26.4 Å². The minimum atomic E-state index is -0.312. The van der Waals surface area contributed by atoms with Crippen LogP contribution in [-0.2, 0) is 14.3 Å². The van der Waals surface area contributed by atoms with Gasteiger partial charge in [0.1, 0.15) is 11.1 Å². The topological polar surface area (TPSA) is 55.8 Å². The smallest absolute Gasteiger partial charge is 0.307 e. The van der Waals surface area contributed by atoms with Crippen LogP contribution in [0.5, 0.6) is 5.75 Å². The van der Waals surface area contributed by atoms with E-state index in [1.54, 1.807) is 23.8 Å². The van der Waals surface area contributed by atoms with Gasteiger partial charge in [-0.1, -0.05) is 18.2 Å². The van der Waals surface area contributed by atoms with Crippen molar-refractivity contribution < 1.29 is 19.1 Å². The number of hydrogen-bond acceptors (Lipinski definition) is 5. The van der Waals surface area contributed by atoms with Gasteiger partial charge < -0.3 is 14.4 Å². The molecule has 1 aliphatic rings. The molecule has 0 N–H and O–H groups in total. The SMILES string of the molecule is COC(=O)CCN1C(=O)CSC1c1ccccc1OC. The first kappa shape index (κ1) is 14.7. The van der Waals surface area contributed by atoms with Crippen molar-refractivity contribution in [2.45, 2.75) is 11.8 Å². The molecule has 6 heteroatoms. The molecule has 108 valence electrons. The van der Waals surface area contributed by atoms with Gasteiger partial charge in [0.15, 0.2) is 0 Å². The van der Waals surface area contributed by atoms with Crippen molar-refractivity contribution >= 4 is 23.6 Å². The van der Waals surface area contributed by atoms with E-state index in [1.807, 2.05) is 24.3 Å². The zero-order chi connectivity index (χ0) is 14.5. The van der Waals surface area contributed by atoms with Gasteiger partial charge >= 0.3 is 5.97 Å². The Morgan fingerprint density at radius 1 is 1.40 bits per heavy atom. The van der Waals surface area contributed by atoms with E-state index in [2.05, 4.69) is 4.74 Å². The van der Waals surface area contributed by atoms with Crippen LogP contribution in [0.25, 0.3) is 0 Å². The van der Waals surface area contributed by atoms with Crippen molar-refractivity contribution in [1.29, 1.82) is 0 Å². The molecular formula is C14H17NO4S. The van der Waals surface area contributed by atoms with Gasteiger partial charge in [0.25, 0.3) is 0 Å². The lowest BCUT2D eigenvalue weighted by Gasteiger charge is -2.25. The van der Waals surface area contributed by atoms with E-state index >= 15 is 0 Å². The Morgan fingerprint density at radius 3 is 2.85 bits per heavy atom. The Morgan fingerprint density at radius 2 is 2.15 bits per heavy atom. The van der Waals surface area contributed by atoms with E-state index in [1.165, 1.54) is 7.11 Å². The van der Waals surface area contributed by atoms with Crippen molar-refractivity contribution in [3.8, 4) is 5.75 Å². The first-order chi connectivity index (χ1) is 9.67. The normalized spacial score (nSPS) is 18.2. The van der Waals surface area contributed by atoms with Crippen LogP contribution in [0.15, 0.2) is 24.3 Å². The molecule has 1 aromatic rings. The monoisotopic (exact) mass is 295 g/mol. The minimum absolute atomic E-state index is 0.0369. The number of ether oxygens (including phenoxy) is 2. The summed E-state index contributed by atoms with van der Waals surface area (Å²) < 4.78 is 9.97. The number of carbonyl (C=O) groups is 2. The first-order valence-electron chi connectivity index (χ1n) is 6.28. The highest BCUT2D eigenvalue weighted by Crippen LogP contribution is 2.42. The summed E-state index contributed by atoms with van der Waals surface area (Å²) in [7, 11) is 2.96. The lowest BCUT2D eigenvalue weighted by molar-refractivity contribution is -0.141. The van der Waals surface area contributed by atoms with E-state index in [9.17, 15) is 9.59 Å². The third-order valence-corrected chi connectivity index (χ3v) is 4.40. The Balaban J connectivity index is 2.17. The van der Waals surface area contributed by atoms with Gasteiger partial charge in [0.2, 0.25) is 5.91 Å². The number of thioether (sulfide) groups is 1. The fourth-order valence-corrected chi connectivity index (χ4v) is 3.38. The quantitative estimate of drug-likeness (QED) is 0.776. The third kappa shape index (κ3) is 3.07. The number of hydrogen-bond donors (Lipinski definition) is 0. The van der Waals surface area contributed by atoms with Gasteiger partial charge in [-0.05, 0) is 6.07 Å². The van der Waals surface area contributed by atoms with Crippen molar-refractivity contribution in [2.75, 3.05) is 26.5 Å². The zero-order valence-corrected chi connectivity index (χ0v) is 12.3. The molecule has 0 radical (unpaired) electrons. The van der Waals surface area contributed by atoms with E-state index in [-0.39, 0.29) is 23.7 Å². The van der Waals surface area contributed by atoms with E-state index in [0.717, 1.165) is 11.3 Å². The number of esters is 1. The Hall–Kier alpha value is -1.69. The average Bonchev–Trinajstić information content (AvgIpc) is 2.85. The standard InChI is InChI=1S/C14H17NO4S/c1-18-11-6-4-3-5-10(11)14-15(12(16)9-20-14)8-7-13(17)19-2/h3-6,14H,7-9H2,1-2H3. The number of amides is 1. The summed E-state index contributed by atoms with van der Waals surface area (Å²) in [6.07, 6.45) is 0.203. The van der Waals surface area contributed by atoms with Gasteiger partial charge in [-0.3, -0.25) is 9.59 Å². The molecule has 1 aromatic carbocycles. The first-order valence-corrected chi connectivity index (χ1v) is 7.33. The average molecular weight is 295 g/mol. The molecule has 1 aliphatic heterocycles. The number of para-hydroxylation sites is 1. The van der Waals surface area contributed by atoms with Gasteiger partial charge in [-0.25, -0.2) is 0 Å². The van der Waals surface area contributed by atoms with Gasteiger partial charge in [-0.2, -0.15) is 0 Å². The molecule has 0 bridgehead atoms. The summed E-state index contributed by atoms with van der Waals surface area (Å²) in [5.41, 5.74) is 0.954. The maximum Gasteiger partial charge on any atom is 0.307 e. The molecule has 0 aliphatic carbocycles. The molecule has 1 fully saturated rings. The van der Waals surface area contributed by atoms with Crippen LogP contribution in [0.1, 0.15) is 17.4 Å². The van der Waals surface area contributed by atoms with Crippen LogP contribution in [-0.4, -0.2) is 43.3 Å². The molecule has 0 spiro atoms. The molecule has 0 saturated carbocycles. The van der Waals surface area contributed by atoms with E-state index in [0.29, 0.717) is 12.3 Å². The lowest BCUT2D eigenvalue weighted by Crippen LogP contribution is -2.30. The third-order valence-electron chi connectivity index (χ3n) is 3.16. The fraction of sp³-hybridized carbons (Fsp3) is 0.429. The van der Waals surface area contributed by atoms with Crippen molar-refractivity contribution in [2.24, 2.45) is 0 Å². The summed E-state index contributed by atoms with van der Waals surface area (Å²) in [5.74, 6) is 0.898. The van der Waals surface area contributed by atoms with E-state index < -0.39 is 0 Å². The van der Waals surface area contributed by atoms with Crippen LogP contribution in [0.2, 0.25) is 0 Å². The second-order valence-electron chi connectivity index (χ2n) is 4.32. The number of benzene rings is 1. The highest BCUT2D eigenvalue weighted by atomic mass is 32.2.